The molecule has 0 radical (unpaired) electrons. The van der Waals surface area contributed by atoms with Crippen molar-refractivity contribution in [2.45, 2.75) is 0 Å². The molecule has 0 fully saturated rings. The van der Waals surface area contributed by atoms with Crippen molar-refractivity contribution in [3.8, 4) is 23.0 Å². The molecular formula is C39H23N5. The highest BCUT2D eigenvalue weighted by Gasteiger charge is 2.23. The summed E-state index contributed by atoms with van der Waals surface area (Å²) in [5, 5.41) is 4.65. The van der Waals surface area contributed by atoms with E-state index in [1.807, 2.05) is 48.6 Å². The lowest BCUT2D eigenvalue weighted by Gasteiger charge is -2.13. The van der Waals surface area contributed by atoms with Gasteiger partial charge in [0.05, 0.1) is 22.1 Å². The maximum Gasteiger partial charge on any atom is 0.238 e. The van der Waals surface area contributed by atoms with E-state index in [0.29, 0.717) is 17.6 Å². The van der Waals surface area contributed by atoms with Gasteiger partial charge >= 0.3 is 0 Å². The van der Waals surface area contributed by atoms with Crippen molar-refractivity contribution in [1.82, 2.24) is 24.1 Å². The summed E-state index contributed by atoms with van der Waals surface area (Å²) in [6.07, 6.45) is 5.66. The Morgan fingerprint density at radius 1 is 0.477 bits per heavy atom. The lowest BCUT2D eigenvalue weighted by molar-refractivity contribution is 0.932. The van der Waals surface area contributed by atoms with E-state index in [-0.39, 0.29) is 0 Å². The minimum atomic E-state index is 0.560. The first-order valence-electron chi connectivity index (χ1n) is 14.6. The number of hydrogen-bond donors (Lipinski definition) is 0. The highest BCUT2D eigenvalue weighted by Crippen LogP contribution is 2.41. The standard InChI is InChI=1S/C39H23N5/c1-4-14-26(15-5-1)37-40-38(27-16-6-2-7-17-27)42-39(41-37)44-34-23-13-11-21-30(34)32-25-24-31-29-20-10-12-22-33(29)43(35(31)36(32)44)28-18-8-3-9-19-28/h1,3-6,8-25H. The fraction of sp³-hybridized carbons (Fsp3) is 0. The quantitative estimate of drug-likeness (QED) is 0.202. The molecule has 0 saturated carbocycles. The average Bonchev–Trinajstić information content (AvgIpc) is 3.62. The van der Waals surface area contributed by atoms with Crippen LogP contribution in [-0.2, 0) is 0 Å². The Balaban J connectivity index is 1.47. The zero-order valence-corrected chi connectivity index (χ0v) is 23.5. The van der Waals surface area contributed by atoms with Crippen LogP contribution >= 0.6 is 0 Å². The van der Waals surface area contributed by atoms with Gasteiger partial charge < -0.3 is 4.57 Å². The van der Waals surface area contributed by atoms with Gasteiger partial charge in [0.1, 0.15) is 0 Å². The molecule has 5 aromatic carbocycles. The molecule has 9 rings (SSSR count). The van der Waals surface area contributed by atoms with Crippen molar-refractivity contribution in [3.63, 3.8) is 0 Å². The molecule has 0 amide bonds. The van der Waals surface area contributed by atoms with E-state index in [2.05, 4.69) is 112 Å². The SMILES string of the molecule is C1=C=CC(c2nc(-c3ccccc3)nc(-n3c4ccccc4c4ccc5c6ccccc6n(-c6ccccc6)c5c43)n2)=CC=1. The van der Waals surface area contributed by atoms with Crippen molar-refractivity contribution in [1.29, 1.82) is 0 Å². The lowest BCUT2D eigenvalue weighted by Crippen LogP contribution is -2.08. The molecule has 0 atom stereocenters. The molecule has 44 heavy (non-hydrogen) atoms. The van der Waals surface area contributed by atoms with E-state index in [9.17, 15) is 0 Å². The summed E-state index contributed by atoms with van der Waals surface area (Å²) in [6.45, 7) is 0. The Kier molecular flexibility index (Phi) is 5.34. The first-order chi connectivity index (χ1) is 21.8. The fourth-order valence-electron chi connectivity index (χ4n) is 6.35. The molecule has 0 aliphatic heterocycles. The Morgan fingerprint density at radius 3 is 1.75 bits per heavy atom. The Bertz CT molecular complexity index is 2560. The van der Waals surface area contributed by atoms with Gasteiger partial charge in [-0.15, -0.1) is 0 Å². The van der Waals surface area contributed by atoms with E-state index in [0.717, 1.165) is 49.7 Å². The minimum Gasteiger partial charge on any atom is -0.307 e. The summed E-state index contributed by atoms with van der Waals surface area (Å²) in [5.74, 6) is 1.76. The van der Waals surface area contributed by atoms with Crippen LogP contribution in [0.2, 0.25) is 0 Å². The van der Waals surface area contributed by atoms with Crippen molar-refractivity contribution < 1.29 is 0 Å². The normalized spacial score (nSPS) is 12.6. The molecule has 0 saturated heterocycles. The molecule has 1 aliphatic carbocycles. The first-order valence-corrected chi connectivity index (χ1v) is 14.6. The van der Waals surface area contributed by atoms with Crippen LogP contribution in [-0.4, -0.2) is 24.1 Å². The van der Waals surface area contributed by atoms with Crippen LogP contribution in [0.15, 0.2) is 151 Å². The molecule has 0 unspecified atom stereocenters. The average molecular weight is 562 g/mol. The molecule has 8 aromatic rings. The van der Waals surface area contributed by atoms with Crippen LogP contribution in [0.3, 0.4) is 0 Å². The van der Waals surface area contributed by atoms with E-state index >= 15 is 0 Å². The Morgan fingerprint density at radius 2 is 1.07 bits per heavy atom. The molecule has 0 spiro atoms. The van der Waals surface area contributed by atoms with Crippen LogP contribution in [0, 0.1) is 0 Å². The van der Waals surface area contributed by atoms with Crippen molar-refractivity contribution in [2.75, 3.05) is 0 Å². The number of benzene rings is 5. The molecule has 5 nitrogen and oxygen atoms in total. The van der Waals surface area contributed by atoms with E-state index in [1.165, 1.54) is 10.8 Å². The van der Waals surface area contributed by atoms with Gasteiger partial charge in [-0.25, -0.2) is 4.98 Å². The summed E-state index contributed by atoms with van der Waals surface area (Å²) >= 11 is 0. The zero-order valence-electron chi connectivity index (χ0n) is 23.5. The first kappa shape index (κ1) is 24.4. The van der Waals surface area contributed by atoms with Gasteiger partial charge in [0.2, 0.25) is 5.95 Å². The van der Waals surface area contributed by atoms with Crippen LogP contribution in [0.5, 0.6) is 0 Å². The molecule has 5 heteroatoms. The number of nitrogens with zero attached hydrogens (tertiary/aromatic N) is 5. The third-order valence-electron chi connectivity index (χ3n) is 8.25. The van der Waals surface area contributed by atoms with Gasteiger partial charge in [-0.2, -0.15) is 9.97 Å². The molecule has 3 heterocycles. The maximum absolute atomic E-state index is 5.15. The molecular weight excluding hydrogens is 538 g/mol. The maximum atomic E-state index is 5.15. The van der Waals surface area contributed by atoms with Gasteiger partial charge in [-0.05, 0) is 42.5 Å². The van der Waals surface area contributed by atoms with Crippen molar-refractivity contribution in [3.05, 3.63) is 157 Å². The summed E-state index contributed by atoms with van der Waals surface area (Å²) in [5.41, 5.74) is 13.3. The van der Waals surface area contributed by atoms with Crippen molar-refractivity contribution in [2.24, 2.45) is 0 Å². The third-order valence-corrected chi connectivity index (χ3v) is 8.25. The minimum absolute atomic E-state index is 0.560. The van der Waals surface area contributed by atoms with Gasteiger partial charge in [0, 0.05) is 38.4 Å². The topological polar surface area (TPSA) is 48.5 Å². The molecule has 1 aliphatic rings. The van der Waals surface area contributed by atoms with Gasteiger partial charge in [0.15, 0.2) is 11.6 Å². The molecule has 204 valence electrons. The van der Waals surface area contributed by atoms with Gasteiger partial charge in [-0.3, -0.25) is 4.57 Å². The second kappa shape index (κ2) is 9.65. The highest BCUT2D eigenvalue weighted by atomic mass is 15.2. The van der Waals surface area contributed by atoms with E-state index in [4.69, 9.17) is 15.0 Å². The largest absolute Gasteiger partial charge is 0.307 e. The van der Waals surface area contributed by atoms with Crippen molar-refractivity contribution >= 4 is 49.2 Å². The summed E-state index contributed by atoms with van der Waals surface area (Å²) in [4.78, 5) is 15.2. The summed E-state index contributed by atoms with van der Waals surface area (Å²) in [7, 11) is 0. The summed E-state index contributed by atoms with van der Waals surface area (Å²) < 4.78 is 4.58. The zero-order chi connectivity index (χ0) is 29.0. The highest BCUT2D eigenvalue weighted by molar-refractivity contribution is 6.23. The number of para-hydroxylation sites is 3. The number of rotatable bonds is 4. The second-order valence-corrected chi connectivity index (χ2v) is 10.8. The number of allylic oxidation sites excluding steroid dienone is 4. The molecule has 3 aromatic heterocycles. The van der Waals surface area contributed by atoms with Crippen LogP contribution in [0.25, 0.3) is 72.2 Å². The van der Waals surface area contributed by atoms with Gasteiger partial charge in [-0.1, -0.05) is 109 Å². The fourth-order valence-corrected chi connectivity index (χ4v) is 6.35. The monoisotopic (exact) mass is 561 g/mol. The second-order valence-electron chi connectivity index (χ2n) is 10.8. The molecule has 0 bridgehead atoms. The van der Waals surface area contributed by atoms with Crippen LogP contribution < -0.4 is 0 Å². The predicted octanol–water partition coefficient (Wildman–Crippen LogP) is 9.00. The number of fused-ring (bicyclic) bond motifs is 7. The Hall–Kier alpha value is -6.25. The van der Waals surface area contributed by atoms with Crippen LogP contribution in [0.1, 0.15) is 5.82 Å². The smallest absolute Gasteiger partial charge is 0.238 e. The lowest BCUT2D eigenvalue weighted by atomic mass is 10.1. The molecule has 0 N–H and O–H groups in total. The van der Waals surface area contributed by atoms with E-state index in [1.54, 1.807) is 0 Å². The number of hydrogen-bond acceptors (Lipinski definition) is 3. The predicted molar refractivity (Wildman–Crippen MR) is 178 cm³/mol. The number of aromatic nitrogens is 5. The third kappa shape index (κ3) is 3.65. The summed E-state index contributed by atoms with van der Waals surface area (Å²) in [6, 6.07) is 42.2. The van der Waals surface area contributed by atoms with E-state index < -0.39 is 0 Å². The Labute approximate surface area is 252 Å². The van der Waals surface area contributed by atoms with Gasteiger partial charge in [0.25, 0.3) is 0 Å². The van der Waals surface area contributed by atoms with Crippen LogP contribution in [0.4, 0.5) is 0 Å².